The number of amides is 2. The SMILES string of the molecule is CN1C(=O)CC(NS(=O)(=O)c2ccc(C(=O)O)s2)C1=O. The van der Waals surface area contributed by atoms with Gasteiger partial charge in [-0.3, -0.25) is 14.5 Å². The number of hydrogen-bond donors (Lipinski definition) is 2. The minimum Gasteiger partial charge on any atom is -0.477 e. The molecule has 2 N–H and O–H groups in total. The number of imide groups is 1. The molecule has 0 bridgehead atoms. The standard InChI is InChI=1S/C10H10N2O6S2/c1-12-7(13)4-5(9(12)14)11-20(17,18)8-3-2-6(19-8)10(15)16/h2-3,5,11H,4H2,1H3,(H,15,16). The van der Waals surface area contributed by atoms with Crippen molar-refractivity contribution in [3.63, 3.8) is 0 Å². The molecule has 10 heteroatoms. The third kappa shape index (κ3) is 2.57. The molecule has 0 radical (unpaired) electrons. The molecule has 1 aliphatic heterocycles. The van der Waals surface area contributed by atoms with E-state index in [4.69, 9.17) is 5.11 Å². The Morgan fingerprint density at radius 3 is 2.55 bits per heavy atom. The molecule has 2 heterocycles. The van der Waals surface area contributed by atoms with Crippen LogP contribution in [0.4, 0.5) is 0 Å². The van der Waals surface area contributed by atoms with Crippen molar-refractivity contribution in [2.75, 3.05) is 7.05 Å². The maximum atomic E-state index is 12.0. The van der Waals surface area contributed by atoms with Crippen molar-refractivity contribution < 1.29 is 27.9 Å². The van der Waals surface area contributed by atoms with Crippen LogP contribution in [0.15, 0.2) is 16.3 Å². The molecule has 1 aromatic rings. The molecule has 1 aliphatic rings. The van der Waals surface area contributed by atoms with Gasteiger partial charge in [-0.05, 0) is 12.1 Å². The van der Waals surface area contributed by atoms with Crippen LogP contribution < -0.4 is 4.72 Å². The first kappa shape index (κ1) is 14.6. The average Bonchev–Trinajstić information content (AvgIpc) is 2.93. The van der Waals surface area contributed by atoms with E-state index in [2.05, 4.69) is 4.72 Å². The van der Waals surface area contributed by atoms with Crippen LogP contribution in [0.2, 0.25) is 0 Å². The van der Waals surface area contributed by atoms with Gasteiger partial charge in [-0.15, -0.1) is 11.3 Å². The van der Waals surface area contributed by atoms with Crippen LogP contribution in [0.5, 0.6) is 0 Å². The second-order valence-electron chi connectivity index (χ2n) is 4.09. The minimum atomic E-state index is -4.03. The van der Waals surface area contributed by atoms with E-state index >= 15 is 0 Å². The fraction of sp³-hybridized carbons (Fsp3) is 0.300. The van der Waals surface area contributed by atoms with E-state index in [0.29, 0.717) is 11.3 Å². The third-order valence-corrected chi connectivity index (χ3v) is 5.77. The Labute approximate surface area is 118 Å². The van der Waals surface area contributed by atoms with Gasteiger partial charge in [0.2, 0.25) is 11.8 Å². The van der Waals surface area contributed by atoms with Crippen LogP contribution in [-0.4, -0.2) is 49.3 Å². The van der Waals surface area contributed by atoms with Gasteiger partial charge >= 0.3 is 5.97 Å². The van der Waals surface area contributed by atoms with E-state index in [1.54, 1.807) is 0 Å². The maximum Gasteiger partial charge on any atom is 0.345 e. The Balaban J connectivity index is 2.21. The summed E-state index contributed by atoms with van der Waals surface area (Å²) >= 11 is 0.574. The molecule has 1 atom stereocenters. The molecule has 108 valence electrons. The molecular weight excluding hydrogens is 308 g/mol. The summed E-state index contributed by atoms with van der Waals surface area (Å²) in [6.45, 7) is 0. The van der Waals surface area contributed by atoms with Gasteiger partial charge in [0.1, 0.15) is 15.1 Å². The molecule has 1 saturated heterocycles. The smallest absolute Gasteiger partial charge is 0.345 e. The number of carbonyl (C=O) groups is 3. The van der Waals surface area contributed by atoms with Crippen molar-refractivity contribution in [2.45, 2.75) is 16.7 Å². The zero-order valence-electron chi connectivity index (χ0n) is 10.2. The van der Waals surface area contributed by atoms with Crippen LogP contribution in [0, 0.1) is 0 Å². The third-order valence-electron chi connectivity index (χ3n) is 2.74. The molecule has 0 aliphatic carbocycles. The van der Waals surface area contributed by atoms with E-state index in [9.17, 15) is 22.8 Å². The fourth-order valence-corrected chi connectivity index (χ4v) is 4.02. The lowest BCUT2D eigenvalue weighted by atomic mass is 10.3. The van der Waals surface area contributed by atoms with E-state index in [0.717, 1.165) is 17.0 Å². The number of likely N-dealkylation sites (tertiary alicyclic amines) is 1. The van der Waals surface area contributed by atoms with Gasteiger partial charge in [-0.1, -0.05) is 0 Å². The summed E-state index contributed by atoms with van der Waals surface area (Å²) in [5.74, 6) is -2.34. The van der Waals surface area contributed by atoms with E-state index in [1.165, 1.54) is 7.05 Å². The first-order valence-electron chi connectivity index (χ1n) is 5.38. The first-order valence-corrected chi connectivity index (χ1v) is 7.68. The normalized spacial score (nSPS) is 19.6. The van der Waals surface area contributed by atoms with Crippen LogP contribution in [0.25, 0.3) is 0 Å². The minimum absolute atomic E-state index is 0.128. The van der Waals surface area contributed by atoms with Crippen LogP contribution in [0.3, 0.4) is 0 Å². The maximum absolute atomic E-state index is 12.0. The van der Waals surface area contributed by atoms with Crippen LogP contribution in [0.1, 0.15) is 16.1 Å². The zero-order chi connectivity index (χ0) is 15.1. The highest BCUT2D eigenvalue weighted by atomic mass is 32.2. The van der Waals surface area contributed by atoms with Gasteiger partial charge in [0.05, 0.1) is 6.42 Å². The predicted molar refractivity (Wildman–Crippen MR) is 67.8 cm³/mol. The number of nitrogens with zero attached hydrogens (tertiary/aromatic N) is 1. The molecule has 2 rings (SSSR count). The highest BCUT2D eigenvalue weighted by molar-refractivity contribution is 7.91. The lowest BCUT2D eigenvalue weighted by Gasteiger charge is -2.10. The monoisotopic (exact) mass is 318 g/mol. The number of carboxylic acids is 1. The van der Waals surface area contributed by atoms with Gasteiger partial charge in [0, 0.05) is 7.05 Å². The van der Waals surface area contributed by atoms with Crippen LogP contribution >= 0.6 is 11.3 Å². The summed E-state index contributed by atoms with van der Waals surface area (Å²) in [5.41, 5.74) is 0. The van der Waals surface area contributed by atoms with Crippen molar-refractivity contribution >= 4 is 39.1 Å². The van der Waals surface area contributed by atoms with Gasteiger partial charge in [0.25, 0.3) is 10.0 Å². The van der Waals surface area contributed by atoms with E-state index in [-0.39, 0.29) is 15.5 Å². The van der Waals surface area contributed by atoms with E-state index in [1.807, 2.05) is 0 Å². The van der Waals surface area contributed by atoms with Crippen molar-refractivity contribution in [2.24, 2.45) is 0 Å². The van der Waals surface area contributed by atoms with Crippen molar-refractivity contribution in [1.29, 1.82) is 0 Å². The fourth-order valence-electron chi connectivity index (χ4n) is 1.67. The highest BCUT2D eigenvalue weighted by Gasteiger charge is 2.39. The topological polar surface area (TPSA) is 121 Å². The van der Waals surface area contributed by atoms with Crippen molar-refractivity contribution in [1.82, 2.24) is 9.62 Å². The number of hydrogen-bond acceptors (Lipinski definition) is 6. The summed E-state index contributed by atoms with van der Waals surface area (Å²) in [5, 5.41) is 8.75. The lowest BCUT2D eigenvalue weighted by Crippen LogP contribution is -2.40. The average molecular weight is 318 g/mol. The summed E-state index contributed by atoms with van der Waals surface area (Å²) in [6.07, 6.45) is -0.244. The van der Waals surface area contributed by atoms with Crippen molar-refractivity contribution in [3.8, 4) is 0 Å². The van der Waals surface area contributed by atoms with Gasteiger partial charge in [-0.25, -0.2) is 13.2 Å². The highest BCUT2D eigenvalue weighted by Crippen LogP contribution is 2.23. The number of carboxylic acid groups (broad SMARTS) is 1. The summed E-state index contributed by atoms with van der Waals surface area (Å²) in [4.78, 5) is 34.4. The Hall–Kier alpha value is -1.78. The second kappa shape index (κ2) is 4.96. The Morgan fingerprint density at radius 2 is 2.10 bits per heavy atom. The predicted octanol–water partition coefficient (Wildman–Crippen LogP) is -0.518. The lowest BCUT2D eigenvalue weighted by molar-refractivity contribution is -0.137. The largest absolute Gasteiger partial charge is 0.477 e. The number of sulfonamides is 1. The summed E-state index contributed by atoms with van der Waals surface area (Å²) < 4.78 is 25.9. The number of rotatable bonds is 4. The second-order valence-corrected chi connectivity index (χ2v) is 7.12. The molecular formula is C10H10N2O6S2. The summed E-state index contributed by atoms with van der Waals surface area (Å²) in [7, 11) is -2.76. The first-order chi connectivity index (χ1) is 9.22. The zero-order valence-corrected chi connectivity index (χ0v) is 11.8. The van der Waals surface area contributed by atoms with Crippen LogP contribution in [-0.2, 0) is 19.6 Å². The number of nitrogens with one attached hydrogen (secondary N) is 1. The molecule has 8 nitrogen and oxygen atoms in total. The number of carbonyl (C=O) groups excluding carboxylic acids is 2. The molecule has 1 aromatic heterocycles. The Morgan fingerprint density at radius 1 is 1.45 bits per heavy atom. The van der Waals surface area contributed by atoms with E-state index < -0.39 is 33.8 Å². The summed E-state index contributed by atoms with van der Waals surface area (Å²) in [6, 6.07) is 1.16. The molecule has 2 amide bonds. The quantitative estimate of drug-likeness (QED) is 0.721. The Kier molecular flexibility index (Phi) is 3.63. The van der Waals surface area contributed by atoms with Gasteiger partial charge in [0.15, 0.2) is 0 Å². The number of thiophene rings is 1. The van der Waals surface area contributed by atoms with Gasteiger partial charge < -0.3 is 5.11 Å². The number of likely N-dealkylation sites (N-methyl/N-ethyl adjacent to an activating group) is 1. The molecule has 1 fully saturated rings. The molecule has 20 heavy (non-hydrogen) atoms. The Bertz CT molecular complexity index is 692. The molecule has 0 spiro atoms. The van der Waals surface area contributed by atoms with Crippen molar-refractivity contribution in [3.05, 3.63) is 17.0 Å². The molecule has 1 unspecified atom stereocenters. The number of aromatic carboxylic acids is 1. The molecule has 0 saturated carbocycles. The molecule has 0 aromatic carbocycles. The van der Waals surface area contributed by atoms with Gasteiger partial charge in [-0.2, -0.15) is 4.72 Å².